The number of halogens is 3. The third-order valence-corrected chi connectivity index (χ3v) is 9.41. The van der Waals surface area contributed by atoms with Crippen molar-refractivity contribution < 1.29 is 22.8 Å². The van der Waals surface area contributed by atoms with E-state index < -0.39 is 23.7 Å². The summed E-state index contributed by atoms with van der Waals surface area (Å²) in [4.78, 5) is 28.8. The molecule has 1 heterocycles. The highest BCUT2D eigenvalue weighted by molar-refractivity contribution is 5.94. The van der Waals surface area contributed by atoms with Crippen molar-refractivity contribution in [3.8, 4) is 11.3 Å². The van der Waals surface area contributed by atoms with Gasteiger partial charge in [0.05, 0.1) is 17.3 Å². The molecule has 3 aliphatic rings. The van der Waals surface area contributed by atoms with E-state index in [2.05, 4.69) is 27.7 Å². The average molecular weight is 588 g/mol. The van der Waals surface area contributed by atoms with Crippen LogP contribution in [0.4, 0.5) is 13.2 Å². The number of alkyl halides is 3. The summed E-state index contributed by atoms with van der Waals surface area (Å²) in [6.07, 6.45) is 8.90. The summed E-state index contributed by atoms with van der Waals surface area (Å²) in [6.45, 7) is 0.743. The highest BCUT2D eigenvalue weighted by atomic mass is 19.4. The average Bonchev–Trinajstić information content (AvgIpc) is 3.64. The monoisotopic (exact) mass is 587 g/mol. The molecule has 5 rings (SSSR count). The van der Waals surface area contributed by atoms with Crippen LogP contribution in [0.5, 0.6) is 0 Å². The highest BCUT2D eigenvalue weighted by Gasteiger charge is 2.35. The normalized spacial score (nSPS) is 19.5. The first kappa shape index (κ1) is 30.6. The first-order chi connectivity index (χ1) is 20.2. The van der Waals surface area contributed by atoms with Gasteiger partial charge in [-0.15, -0.1) is 0 Å². The van der Waals surface area contributed by atoms with E-state index in [-0.39, 0.29) is 35.7 Å². The van der Waals surface area contributed by atoms with E-state index in [1.165, 1.54) is 37.5 Å². The van der Waals surface area contributed by atoms with Gasteiger partial charge in [-0.05, 0) is 70.5 Å². The number of nitrogens with one attached hydrogen (secondary N) is 2. The Hall–Kier alpha value is -2.88. The summed E-state index contributed by atoms with van der Waals surface area (Å²) in [7, 11) is 2.11. The van der Waals surface area contributed by atoms with Crippen molar-refractivity contribution in [2.45, 2.75) is 120 Å². The zero-order valence-electron chi connectivity index (χ0n) is 24.6. The number of rotatable bonds is 11. The summed E-state index contributed by atoms with van der Waals surface area (Å²) < 4.78 is 43.5. The van der Waals surface area contributed by atoms with Crippen LogP contribution in [-0.4, -0.2) is 58.2 Å². The number of amides is 2. The van der Waals surface area contributed by atoms with Crippen LogP contribution < -0.4 is 10.6 Å². The fourth-order valence-electron chi connectivity index (χ4n) is 6.70. The summed E-state index contributed by atoms with van der Waals surface area (Å²) in [6, 6.07) is 7.20. The Morgan fingerprint density at radius 2 is 1.69 bits per heavy atom. The number of hydrogen-bond donors (Lipinski definition) is 2. The lowest BCUT2D eigenvalue weighted by Gasteiger charge is -2.32. The van der Waals surface area contributed by atoms with Crippen LogP contribution >= 0.6 is 0 Å². The van der Waals surface area contributed by atoms with Gasteiger partial charge in [-0.2, -0.15) is 18.3 Å². The molecule has 230 valence electrons. The maximum Gasteiger partial charge on any atom is 0.417 e. The third-order valence-electron chi connectivity index (χ3n) is 9.41. The molecule has 3 aliphatic carbocycles. The maximum atomic E-state index is 14.0. The van der Waals surface area contributed by atoms with Crippen molar-refractivity contribution in [2.24, 2.45) is 0 Å². The lowest BCUT2D eigenvalue weighted by atomic mass is 9.93. The molecular formula is C32H44F3N5O2. The van der Waals surface area contributed by atoms with E-state index in [0.29, 0.717) is 18.2 Å². The van der Waals surface area contributed by atoms with Gasteiger partial charge >= 0.3 is 6.18 Å². The Kier molecular flexibility index (Phi) is 9.91. The Morgan fingerprint density at radius 1 is 1.00 bits per heavy atom. The number of nitrogens with zero attached hydrogens (tertiary/aromatic N) is 3. The summed E-state index contributed by atoms with van der Waals surface area (Å²) in [5.74, 6) is -0.541. The molecule has 2 aromatic rings. The Bertz CT molecular complexity index is 1210. The molecule has 1 aromatic carbocycles. The van der Waals surface area contributed by atoms with Crippen LogP contribution in [0.1, 0.15) is 112 Å². The molecule has 1 aromatic heterocycles. The number of carbonyl (C=O) groups is 2. The van der Waals surface area contributed by atoms with Gasteiger partial charge in [0, 0.05) is 36.7 Å². The molecule has 42 heavy (non-hydrogen) atoms. The fourth-order valence-corrected chi connectivity index (χ4v) is 6.70. The second kappa shape index (κ2) is 13.6. The Morgan fingerprint density at radius 3 is 2.36 bits per heavy atom. The molecule has 1 atom stereocenters. The minimum Gasteiger partial charge on any atom is -0.353 e. The van der Waals surface area contributed by atoms with Gasteiger partial charge in [0.15, 0.2) is 5.69 Å². The van der Waals surface area contributed by atoms with E-state index >= 15 is 0 Å². The molecule has 3 fully saturated rings. The van der Waals surface area contributed by atoms with Gasteiger partial charge in [0.2, 0.25) is 5.91 Å². The molecule has 7 nitrogen and oxygen atoms in total. The topological polar surface area (TPSA) is 79.3 Å². The van der Waals surface area contributed by atoms with Crippen LogP contribution in [0.2, 0.25) is 0 Å². The first-order valence-corrected chi connectivity index (χ1v) is 15.8. The van der Waals surface area contributed by atoms with Crippen LogP contribution in [-0.2, 0) is 11.0 Å². The maximum absolute atomic E-state index is 14.0. The number of hydrogen-bond acceptors (Lipinski definition) is 4. The van der Waals surface area contributed by atoms with Gasteiger partial charge in [-0.3, -0.25) is 14.3 Å². The van der Waals surface area contributed by atoms with Crippen molar-refractivity contribution in [2.75, 3.05) is 13.6 Å². The molecule has 0 saturated heterocycles. The van der Waals surface area contributed by atoms with Gasteiger partial charge in [0.1, 0.15) is 0 Å². The summed E-state index contributed by atoms with van der Waals surface area (Å²) in [5, 5.41) is 10.7. The molecule has 2 N–H and O–H groups in total. The highest BCUT2D eigenvalue weighted by Crippen LogP contribution is 2.40. The molecule has 1 unspecified atom stereocenters. The predicted octanol–water partition coefficient (Wildman–Crippen LogP) is 6.50. The predicted molar refractivity (Wildman–Crippen MR) is 156 cm³/mol. The molecular weight excluding hydrogens is 543 g/mol. The molecule has 0 radical (unpaired) electrons. The minimum atomic E-state index is -4.53. The standard InChI is InChI=1S/C32H44F3N5O2/c1-39(24-12-3-2-4-13-24)19-18-23(20-30(41)36-22-10-9-11-22)37-31(42)28-21-29(40(38-28)25-14-5-6-15-25)26-16-7-8-17-27(26)32(33,34)35/h7-8,16-17,21-25H,2-6,9-15,18-20H2,1H3,(H,36,41)(H,37,42). The van der Waals surface area contributed by atoms with Crippen LogP contribution in [0.25, 0.3) is 11.3 Å². The van der Waals surface area contributed by atoms with Crippen molar-refractivity contribution >= 4 is 11.8 Å². The second-order valence-corrected chi connectivity index (χ2v) is 12.5. The second-order valence-electron chi connectivity index (χ2n) is 12.5. The fraction of sp³-hybridized carbons (Fsp3) is 0.656. The van der Waals surface area contributed by atoms with Gasteiger partial charge < -0.3 is 15.5 Å². The van der Waals surface area contributed by atoms with E-state index in [9.17, 15) is 22.8 Å². The van der Waals surface area contributed by atoms with Crippen molar-refractivity contribution in [3.63, 3.8) is 0 Å². The quantitative estimate of drug-likeness (QED) is 0.315. The lowest BCUT2D eigenvalue weighted by Crippen LogP contribution is -2.45. The number of aromatic nitrogens is 2. The van der Waals surface area contributed by atoms with E-state index in [0.717, 1.165) is 70.4 Å². The van der Waals surface area contributed by atoms with Gasteiger partial charge in [-0.25, -0.2) is 0 Å². The van der Waals surface area contributed by atoms with Gasteiger partial charge in [0.25, 0.3) is 5.91 Å². The lowest BCUT2D eigenvalue weighted by molar-refractivity contribution is -0.137. The number of carbonyl (C=O) groups excluding carboxylic acids is 2. The van der Waals surface area contributed by atoms with Gasteiger partial charge in [-0.1, -0.05) is 50.3 Å². The van der Waals surface area contributed by atoms with Crippen molar-refractivity contribution in [3.05, 3.63) is 41.6 Å². The van der Waals surface area contributed by atoms with E-state index in [4.69, 9.17) is 0 Å². The van der Waals surface area contributed by atoms with E-state index in [1.807, 2.05) is 0 Å². The molecule has 0 bridgehead atoms. The summed E-state index contributed by atoms with van der Waals surface area (Å²) in [5.41, 5.74) is -0.337. The Labute approximate surface area is 246 Å². The largest absolute Gasteiger partial charge is 0.417 e. The van der Waals surface area contributed by atoms with Crippen molar-refractivity contribution in [1.29, 1.82) is 0 Å². The van der Waals surface area contributed by atoms with Crippen LogP contribution in [0, 0.1) is 0 Å². The molecule has 10 heteroatoms. The molecule has 2 amide bonds. The number of benzene rings is 1. The smallest absolute Gasteiger partial charge is 0.353 e. The molecule has 3 saturated carbocycles. The zero-order chi connectivity index (χ0) is 29.7. The molecule has 0 aliphatic heterocycles. The summed E-state index contributed by atoms with van der Waals surface area (Å²) >= 11 is 0. The Balaban J connectivity index is 1.36. The van der Waals surface area contributed by atoms with Crippen molar-refractivity contribution in [1.82, 2.24) is 25.3 Å². The first-order valence-electron chi connectivity index (χ1n) is 15.8. The van der Waals surface area contributed by atoms with Crippen LogP contribution in [0.3, 0.4) is 0 Å². The minimum absolute atomic E-state index is 0.0222. The van der Waals surface area contributed by atoms with Crippen LogP contribution in [0.15, 0.2) is 30.3 Å². The third kappa shape index (κ3) is 7.54. The SMILES string of the molecule is CN(CCC(CC(=O)NC1CCC1)NC(=O)c1cc(-c2ccccc2C(F)(F)F)n(C2CCCC2)n1)C1CCCCC1. The zero-order valence-corrected chi connectivity index (χ0v) is 24.6. The van der Waals surface area contributed by atoms with E-state index in [1.54, 1.807) is 10.7 Å². The molecule has 0 spiro atoms.